The lowest BCUT2D eigenvalue weighted by Crippen LogP contribution is -2.58. The fraction of sp³-hybridized carbons (Fsp3) is 0.844. The number of hydrogen-bond acceptors (Lipinski definition) is 9. The molecule has 46 heavy (non-hydrogen) atoms. The van der Waals surface area contributed by atoms with Crippen LogP contribution >= 0.6 is 0 Å². The van der Waals surface area contributed by atoms with E-state index < -0.39 is 59.1 Å². The molecule has 7 unspecified atom stereocenters. The molecule has 0 bridgehead atoms. The third-order valence-electron chi connectivity index (χ3n) is 9.29. The first-order chi connectivity index (χ1) is 21.6. The van der Waals surface area contributed by atoms with E-state index in [1.54, 1.807) is 6.92 Å². The summed E-state index contributed by atoms with van der Waals surface area (Å²) in [6.07, 6.45) is 2.55. The van der Waals surface area contributed by atoms with Crippen LogP contribution in [0.2, 0.25) is 0 Å². The van der Waals surface area contributed by atoms with Crippen LogP contribution in [0, 0.1) is 0 Å². The largest absolute Gasteiger partial charge is 0.391 e. The molecular formula is C32H57N5O9. The molecule has 2 aliphatic heterocycles. The molecule has 0 aromatic rings. The van der Waals surface area contributed by atoms with Crippen LogP contribution in [-0.2, 0) is 38.2 Å². The number of nitrogens with one attached hydrogen (secondary N) is 1. The van der Waals surface area contributed by atoms with Gasteiger partial charge in [0.25, 0.3) is 0 Å². The van der Waals surface area contributed by atoms with E-state index in [2.05, 4.69) is 5.32 Å². The number of nitrogens with zero attached hydrogens (tertiary/aromatic N) is 2. The van der Waals surface area contributed by atoms with Crippen molar-refractivity contribution in [3.63, 3.8) is 0 Å². The Bertz CT molecular complexity index is 1060. The van der Waals surface area contributed by atoms with E-state index in [1.165, 1.54) is 16.7 Å². The molecule has 264 valence electrons. The van der Waals surface area contributed by atoms with Crippen molar-refractivity contribution in [3.8, 4) is 0 Å². The maximum atomic E-state index is 13.6. The van der Waals surface area contributed by atoms with Crippen LogP contribution in [0.3, 0.4) is 0 Å². The van der Waals surface area contributed by atoms with Crippen molar-refractivity contribution in [1.29, 1.82) is 0 Å². The number of nitrogens with two attached hydrogens (primary N) is 2. The predicted octanol–water partition coefficient (Wildman–Crippen LogP) is 0.751. The van der Waals surface area contributed by atoms with Crippen LogP contribution in [0.5, 0.6) is 0 Å². The van der Waals surface area contributed by atoms with Crippen LogP contribution in [-0.4, -0.2) is 119 Å². The zero-order valence-corrected chi connectivity index (χ0v) is 28.5. The number of aliphatic hydroxyl groups is 1. The number of hydrogen-bond donors (Lipinski definition) is 4. The molecule has 5 amide bonds. The topological polar surface area (TPSA) is 204 Å². The first-order valence-corrected chi connectivity index (χ1v) is 16.6. The summed E-state index contributed by atoms with van der Waals surface area (Å²) in [5.74, 6) is -2.33. The van der Waals surface area contributed by atoms with Gasteiger partial charge in [0.2, 0.25) is 29.5 Å². The lowest BCUT2D eigenvalue weighted by Gasteiger charge is -2.34. The van der Waals surface area contributed by atoms with Gasteiger partial charge in [0, 0.05) is 13.1 Å². The third kappa shape index (κ3) is 11.5. The van der Waals surface area contributed by atoms with Gasteiger partial charge >= 0.3 is 0 Å². The summed E-state index contributed by atoms with van der Waals surface area (Å²) in [7, 11) is 0. The number of amides is 5. The second-order valence-corrected chi connectivity index (χ2v) is 13.1. The van der Waals surface area contributed by atoms with E-state index >= 15 is 0 Å². The number of ether oxygens (including phenoxy) is 3. The fourth-order valence-corrected chi connectivity index (χ4v) is 5.96. The minimum Gasteiger partial charge on any atom is -0.391 e. The van der Waals surface area contributed by atoms with Gasteiger partial charge in [-0.3, -0.25) is 24.0 Å². The van der Waals surface area contributed by atoms with Gasteiger partial charge in [-0.2, -0.15) is 0 Å². The Balaban J connectivity index is 1.94. The maximum absolute atomic E-state index is 13.6. The fourth-order valence-electron chi connectivity index (χ4n) is 5.96. The summed E-state index contributed by atoms with van der Waals surface area (Å²) in [6.45, 7) is 12.6. The molecule has 7 atom stereocenters. The molecule has 14 heteroatoms. The number of primary amides is 2. The van der Waals surface area contributed by atoms with Crippen molar-refractivity contribution in [3.05, 3.63) is 0 Å². The Kier molecular flexibility index (Phi) is 15.3. The number of likely N-dealkylation sites (tertiary alicyclic amines) is 2. The Morgan fingerprint density at radius 1 is 0.891 bits per heavy atom. The molecule has 0 saturated carbocycles. The Morgan fingerprint density at radius 3 is 2.04 bits per heavy atom. The van der Waals surface area contributed by atoms with Gasteiger partial charge in [0.05, 0.1) is 56.1 Å². The van der Waals surface area contributed by atoms with Gasteiger partial charge in [0.15, 0.2) is 0 Å². The van der Waals surface area contributed by atoms with Gasteiger partial charge in [-0.15, -0.1) is 0 Å². The van der Waals surface area contributed by atoms with E-state index in [9.17, 15) is 29.1 Å². The first kappa shape index (κ1) is 39.4. The van der Waals surface area contributed by atoms with Gasteiger partial charge in [-0.25, -0.2) is 0 Å². The highest BCUT2D eigenvalue weighted by molar-refractivity contribution is 5.95. The van der Waals surface area contributed by atoms with Crippen LogP contribution in [0.1, 0.15) is 99.3 Å². The Hall–Kier alpha value is -2.81. The molecule has 2 heterocycles. The average molecular weight is 656 g/mol. The summed E-state index contributed by atoms with van der Waals surface area (Å²) in [6, 6.07) is -2.73. The minimum atomic E-state index is -1.25. The van der Waals surface area contributed by atoms with E-state index in [-0.39, 0.29) is 24.9 Å². The van der Waals surface area contributed by atoms with Crippen molar-refractivity contribution in [2.75, 3.05) is 32.9 Å². The monoisotopic (exact) mass is 655 g/mol. The van der Waals surface area contributed by atoms with E-state index in [1.807, 2.05) is 27.7 Å². The highest BCUT2D eigenvalue weighted by atomic mass is 16.5. The quantitative estimate of drug-likeness (QED) is 0.136. The number of carbonyl (C=O) groups is 5. The van der Waals surface area contributed by atoms with Crippen molar-refractivity contribution < 1.29 is 43.3 Å². The van der Waals surface area contributed by atoms with Crippen molar-refractivity contribution in [1.82, 2.24) is 15.1 Å². The molecule has 2 fully saturated rings. The standard InChI is InChI=1S/C32H57N5O9/c1-7-31(5,46-18-17-44-21(3)19-25(33)39)13-16-45-32(6,8-2)20-26(40)35-27(22(4)38)30(43)37-15-10-12-24(37)29(42)36-14-9-11-23(36)28(34)41/h21-24,27,38H,7-20H2,1-6H3,(H2,33,39)(H2,34,41)(H,35,40). The summed E-state index contributed by atoms with van der Waals surface area (Å²) >= 11 is 0. The molecule has 6 N–H and O–H groups in total. The molecule has 0 aromatic carbocycles. The first-order valence-electron chi connectivity index (χ1n) is 16.6. The lowest BCUT2D eigenvalue weighted by molar-refractivity contribution is -0.149. The van der Waals surface area contributed by atoms with E-state index in [4.69, 9.17) is 25.7 Å². The average Bonchev–Trinajstić information content (AvgIpc) is 3.68. The molecule has 2 saturated heterocycles. The molecule has 0 aromatic heterocycles. The Morgan fingerprint density at radius 2 is 1.48 bits per heavy atom. The zero-order chi connectivity index (χ0) is 34.7. The lowest BCUT2D eigenvalue weighted by atomic mass is 9.96. The molecular weight excluding hydrogens is 598 g/mol. The smallest absolute Gasteiger partial charge is 0.248 e. The molecule has 2 rings (SSSR count). The SMILES string of the molecule is CCC(C)(CCOC(C)(CC)CC(=O)NC(C(=O)N1CCCC1C(=O)N1CCCC1C(N)=O)C(C)O)OCCOC(C)CC(N)=O. The second kappa shape index (κ2) is 17.9. The van der Waals surface area contributed by atoms with Crippen LogP contribution in [0.25, 0.3) is 0 Å². The Labute approximate surface area is 273 Å². The number of rotatable bonds is 20. The minimum absolute atomic E-state index is 0.0499. The third-order valence-corrected chi connectivity index (χ3v) is 9.29. The highest BCUT2D eigenvalue weighted by Crippen LogP contribution is 2.27. The van der Waals surface area contributed by atoms with Gasteiger partial charge in [-0.05, 0) is 72.6 Å². The molecule has 2 aliphatic rings. The normalized spacial score (nSPS) is 22.8. The molecule has 0 aliphatic carbocycles. The van der Waals surface area contributed by atoms with Crippen molar-refractivity contribution >= 4 is 29.5 Å². The van der Waals surface area contributed by atoms with Gasteiger partial charge in [0.1, 0.15) is 18.1 Å². The van der Waals surface area contributed by atoms with E-state index in [0.29, 0.717) is 71.4 Å². The summed E-state index contributed by atoms with van der Waals surface area (Å²) in [5.41, 5.74) is 9.36. The number of carbonyl (C=O) groups excluding carboxylic acids is 5. The van der Waals surface area contributed by atoms with Crippen molar-refractivity contribution in [2.24, 2.45) is 11.5 Å². The van der Waals surface area contributed by atoms with Crippen molar-refractivity contribution in [2.45, 2.75) is 141 Å². The zero-order valence-electron chi connectivity index (χ0n) is 28.5. The predicted molar refractivity (Wildman–Crippen MR) is 170 cm³/mol. The second-order valence-electron chi connectivity index (χ2n) is 13.1. The number of aliphatic hydroxyl groups excluding tert-OH is 1. The van der Waals surface area contributed by atoms with E-state index in [0.717, 1.165) is 6.42 Å². The van der Waals surface area contributed by atoms with Crippen LogP contribution < -0.4 is 16.8 Å². The molecule has 0 spiro atoms. The van der Waals surface area contributed by atoms with Crippen LogP contribution in [0.15, 0.2) is 0 Å². The summed E-state index contributed by atoms with van der Waals surface area (Å²) in [4.78, 5) is 66.0. The highest BCUT2D eigenvalue weighted by Gasteiger charge is 2.44. The summed E-state index contributed by atoms with van der Waals surface area (Å²) < 4.78 is 17.9. The molecule has 0 radical (unpaired) electrons. The van der Waals surface area contributed by atoms with Gasteiger partial charge in [-0.1, -0.05) is 13.8 Å². The maximum Gasteiger partial charge on any atom is 0.248 e. The van der Waals surface area contributed by atoms with Gasteiger partial charge < -0.3 is 45.9 Å². The molecule has 14 nitrogen and oxygen atoms in total. The van der Waals surface area contributed by atoms with Crippen LogP contribution in [0.4, 0.5) is 0 Å². The summed E-state index contributed by atoms with van der Waals surface area (Å²) in [5, 5.41) is 13.2.